The van der Waals surface area contributed by atoms with E-state index in [0.29, 0.717) is 6.42 Å². The van der Waals surface area contributed by atoms with E-state index >= 15 is 0 Å². The van der Waals surface area contributed by atoms with Gasteiger partial charge in [0.2, 0.25) is 15.0 Å². The molecule has 142 valence electrons. The number of rotatable bonds is 16. The Bertz CT molecular complexity index is 424. The maximum Gasteiger partial charge on any atom is 0.246 e. The Morgan fingerprint density at radius 2 is 1.17 bits per heavy atom. The van der Waals surface area contributed by atoms with E-state index < -0.39 is 15.0 Å². The van der Waals surface area contributed by atoms with Gasteiger partial charge < -0.3 is 0 Å². The van der Waals surface area contributed by atoms with Crippen LogP contribution >= 0.6 is 0 Å². The molecule has 0 aliphatic heterocycles. The molecule has 24 heavy (non-hydrogen) atoms. The molecular weight excluding hydrogens is 320 g/mol. The monoisotopic (exact) mass is 358 g/mol. The van der Waals surface area contributed by atoms with E-state index in [4.69, 9.17) is 0 Å². The summed E-state index contributed by atoms with van der Waals surface area (Å²) in [5.74, 6) is -0.0725. The lowest BCUT2D eigenvalue weighted by Crippen LogP contribution is -2.16. The van der Waals surface area contributed by atoms with Crippen molar-refractivity contribution in [1.82, 2.24) is 0 Å². The Morgan fingerprint density at radius 1 is 0.708 bits per heavy atom. The summed E-state index contributed by atoms with van der Waals surface area (Å²) in [4.78, 5) is 11.4. The zero-order valence-electron chi connectivity index (χ0n) is 15.9. The van der Waals surface area contributed by atoms with Gasteiger partial charge in [-0.05, 0) is 32.1 Å². The van der Waals surface area contributed by atoms with Gasteiger partial charge in [-0.1, -0.05) is 77.4 Å². The van der Waals surface area contributed by atoms with Gasteiger partial charge in [0, 0.05) is 6.42 Å². The third-order valence-corrected chi connectivity index (χ3v) is 6.03. The third kappa shape index (κ3) is 13.8. The van der Waals surface area contributed by atoms with Crippen LogP contribution in [0.2, 0.25) is 0 Å². The highest BCUT2D eigenvalue weighted by Gasteiger charge is 2.18. The van der Waals surface area contributed by atoms with Crippen molar-refractivity contribution in [2.24, 2.45) is 0 Å². The van der Waals surface area contributed by atoms with Gasteiger partial charge in [0.05, 0.1) is 5.75 Å². The van der Waals surface area contributed by atoms with Gasteiger partial charge in [0.25, 0.3) is 0 Å². The fourth-order valence-electron chi connectivity index (χ4n) is 2.66. The highest BCUT2D eigenvalue weighted by molar-refractivity contribution is 8.06. The minimum atomic E-state index is -3.47. The second kappa shape index (κ2) is 15.9. The summed E-state index contributed by atoms with van der Waals surface area (Å²) in [6, 6.07) is 0. The molecule has 0 aromatic carbocycles. The first-order chi connectivity index (χ1) is 11.5. The molecule has 0 amide bonds. The van der Waals surface area contributed by atoms with Crippen LogP contribution in [0.1, 0.15) is 104 Å². The third-order valence-electron chi connectivity index (χ3n) is 4.37. The average molecular weight is 359 g/mol. The van der Waals surface area contributed by atoms with Gasteiger partial charge in [0.15, 0.2) is 0 Å². The van der Waals surface area contributed by atoms with Crippen LogP contribution in [0.15, 0.2) is 12.2 Å². The Morgan fingerprint density at radius 3 is 1.67 bits per heavy atom. The fourth-order valence-corrected chi connectivity index (χ4v) is 3.43. The van der Waals surface area contributed by atoms with E-state index in [0.717, 1.165) is 25.7 Å². The van der Waals surface area contributed by atoms with Gasteiger partial charge in [-0.15, -0.1) is 0 Å². The van der Waals surface area contributed by atoms with Gasteiger partial charge in [0.1, 0.15) is 0 Å². The van der Waals surface area contributed by atoms with Gasteiger partial charge in [-0.3, -0.25) is 4.79 Å². The maximum atomic E-state index is 11.4. The number of hydrogen-bond donors (Lipinski definition) is 0. The van der Waals surface area contributed by atoms with Crippen LogP contribution in [0.5, 0.6) is 0 Å². The molecule has 0 spiro atoms. The molecule has 3 nitrogen and oxygen atoms in total. The highest BCUT2D eigenvalue weighted by Crippen LogP contribution is 2.11. The predicted molar refractivity (Wildman–Crippen MR) is 104 cm³/mol. The van der Waals surface area contributed by atoms with Crippen molar-refractivity contribution >= 4 is 15.0 Å². The lowest BCUT2D eigenvalue weighted by Gasteiger charge is -2.01. The van der Waals surface area contributed by atoms with E-state index in [1.807, 2.05) is 0 Å². The molecule has 4 heteroatoms. The Kier molecular flexibility index (Phi) is 15.4. The number of allylic oxidation sites excluding steroid dienone is 2. The molecule has 0 heterocycles. The second-order valence-corrected chi connectivity index (χ2v) is 8.87. The van der Waals surface area contributed by atoms with Gasteiger partial charge in [-0.2, -0.15) is 0 Å². The normalized spacial score (nSPS) is 12.1. The molecule has 0 bridgehead atoms. The van der Waals surface area contributed by atoms with Crippen molar-refractivity contribution in [2.75, 3.05) is 5.75 Å². The van der Waals surface area contributed by atoms with Crippen LogP contribution in [-0.2, 0) is 14.6 Å². The van der Waals surface area contributed by atoms with E-state index in [9.17, 15) is 13.2 Å². The number of hydrogen-bond acceptors (Lipinski definition) is 3. The fraction of sp³-hybridized carbons (Fsp3) is 0.850. The standard InChI is InChI=1S/C20H38O3S/c1-3-5-6-7-8-9-10-11-12-13-14-15-16-17-18-19-20(21)24(22,23)4-2/h11-12H,3-10,13-19H2,1-2H3. The van der Waals surface area contributed by atoms with Crippen molar-refractivity contribution in [3.8, 4) is 0 Å². The first-order valence-electron chi connectivity index (χ1n) is 9.95. The van der Waals surface area contributed by atoms with Crippen LogP contribution in [0, 0.1) is 0 Å². The lowest BCUT2D eigenvalue weighted by molar-refractivity contribution is -0.111. The number of unbranched alkanes of at least 4 members (excludes halogenated alkanes) is 11. The molecule has 0 saturated heterocycles. The maximum absolute atomic E-state index is 11.4. The molecule has 0 aromatic rings. The molecule has 0 aromatic heterocycles. The van der Waals surface area contributed by atoms with Crippen LogP contribution < -0.4 is 0 Å². The second-order valence-electron chi connectivity index (χ2n) is 6.61. The van der Waals surface area contributed by atoms with Crippen molar-refractivity contribution in [2.45, 2.75) is 104 Å². The largest absolute Gasteiger partial charge is 0.282 e. The topological polar surface area (TPSA) is 51.2 Å². The van der Waals surface area contributed by atoms with E-state index in [2.05, 4.69) is 19.1 Å². The smallest absolute Gasteiger partial charge is 0.246 e. The van der Waals surface area contributed by atoms with Crippen molar-refractivity contribution < 1.29 is 13.2 Å². The molecule has 0 aliphatic carbocycles. The number of sulfone groups is 1. The minimum absolute atomic E-state index is 0.0725. The van der Waals surface area contributed by atoms with Crippen LogP contribution in [0.4, 0.5) is 0 Å². The van der Waals surface area contributed by atoms with Gasteiger partial charge >= 0.3 is 0 Å². The molecule has 0 N–H and O–H groups in total. The summed E-state index contributed by atoms with van der Waals surface area (Å²) in [5, 5.41) is -0.581. The summed E-state index contributed by atoms with van der Waals surface area (Å²) in [6.45, 7) is 3.77. The van der Waals surface area contributed by atoms with Crippen molar-refractivity contribution in [1.29, 1.82) is 0 Å². The van der Waals surface area contributed by atoms with E-state index in [1.165, 1.54) is 58.3 Å². The van der Waals surface area contributed by atoms with Crippen molar-refractivity contribution in [3.05, 3.63) is 12.2 Å². The first kappa shape index (κ1) is 23.4. The first-order valence-corrected chi connectivity index (χ1v) is 11.6. The Balaban J connectivity index is 3.33. The molecule has 0 atom stereocenters. The molecule has 0 aliphatic rings. The summed E-state index contributed by atoms with van der Waals surface area (Å²) < 4.78 is 22.6. The average Bonchev–Trinajstić information content (AvgIpc) is 2.58. The summed E-state index contributed by atoms with van der Waals surface area (Å²) >= 11 is 0. The zero-order chi connectivity index (χ0) is 18.1. The van der Waals surface area contributed by atoms with Gasteiger partial charge in [-0.25, -0.2) is 8.42 Å². The molecule has 0 fully saturated rings. The van der Waals surface area contributed by atoms with Crippen LogP contribution in [0.25, 0.3) is 0 Å². The molecule has 0 unspecified atom stereocenters. The molecular formula is C20H38O3S. The highest BCUT2D eigenvalue weighted by atomic mass is 32.2. The summed E-state index contributed by atoms with van der Waals surface area (Å²) in [7, 11) is -3.47. The number of carbonyl (C=O) groups excluding carboxylic acids is 1. The predicted octanol–water partition coefficient (Wildman–Crippen LogP) is 5.99. The van der Waals surface area contributed by atoms with Crippen LogP contribution in [0.3, 0.4) is 0 Å². The van der Waals surface area contributed by atoms with E-state index in [1.54, 1.807) is 0 Å². The van der Waals surface area contributed by atoms with Crippen LogP contribution in [-0.4, -0.2) is 19.3 Å². The Hall–Kier alpha value is -0.640. The molecule has 0 saturated carbocycles. The SMILES string of the molecule is CCCCCCCCC=CCCCCCCCC(=O)S(=O)(=O)CC. The number of carbonyl (C=O) groups is 1. The molecule has 0 rings (SSSR count). The molecule has 0 radical (unpaired) electrons. The summed E-state index contributed by atoms with van der Waals surface area (Å²) in [6.07, 6.45) is 20.4. The van der Waals surface area contributed by atoms with Crippen molar-refractivity contribution in [3.63, 3.8) is 0 Å². The quantitative estimate of drug-likeness (QED) is 0.252. The van der Waals surface area contributed by atoms with E-state index in [-0.39, 0.29) is 12.2 Å². The Labute approximate surface area is 150 Å². The summed E-state index contributed by atoms with van der Waals surface area (Å²) in [5.41, 5.74) is 0. The minimum Gasteiger partial charge on any atom is -0.282 e. The lowest BCUT2D eigenvalue weighted by atomic mass is 10.1. The zero-order valence-corrected chi connectivity index (χ0v) is 16.7.